The van der Waals surface area contributed by atoms with Crippen molar-refractivity contribution in [2.45, 2.75) is 57.0 Å². The molecule has 3 aromatic carbocycles. The lowest BCUT2D eigenvalue weighted by molar-refractivity contribution is -0.0899. The molecule has 0 aliphatic carbocycles. The van der Waals surface area contributed by atoms with Crippen LogP contribution >= 0.6 is 0 Å². The van der Waals surface area contributed by atoms with Gasteiger partial charge in [-0.2, -0.15) is 0 Å². The number of methoxy groups -OCH3 is 4. The van der Waals surface area contributed by atoms with Crippen LogP contribution in [0.1, 0.15) is 56.0 Å². The maximum atomic E-state index is 14.7. The molecule has 2 unspecified atom stereocenters. The Hall–Kier alpha value is -4.74. The Morgan fingerprint density at radius 2 is 1.38 bits per heavy atom. The van der Waals surface area contributed by atoms with E-state index >= 15 is 0 Å². The van der Waals surface area contributed by atoms with E-state index in [4.69, 9.17) is 23.9 Å². The summed E-state index contributed by atoms with van der Waals surface area (Å²) in [5.74, 6) is 2.09. The monoisotopic (exact) mass is 652 g/mol. The second kappa shape index (κ2) is 10.9. The first-order valence-corrected chi connectivity index (χ1v) is 16.2. The number of carbonyl (C=O) groups excluding carboxylic acids is 1. The van der Waals surface area contributed by atoms with Crippen molar-refractivity contribution < 1.29 is 34.0 Å². The van der Waals surface area contributed by atoms with Crippen LogP contribution in [0.15, 0.2) is 36.4 Å². The van der Waals surface area contributed by atoms with Gasteiger partial charge in [0.25, 0.3) is 5.91 Å². The van der Waals surface area contributed by atoms with Crippen molar-refractivity contribution in [2.24, 2.45) is 0 Å². The molecule has 2 fully saturated rings. The molecule has 4 aliphatic heterocycles. The van der Waals surface area contributed by atoms with Gasteiger partial charge in [-0.3, -0.25) is 14.6 Å². The quantitative estimate of drug-likeness (QED) is 0.315. The molecule has 1 aromatic heterocycles. The van der Waals surface area contributed by atoms with Gasteiger partial charge in [0, 0.05) is 57.4 Å². The number of amides is 1. The Balaban J connectivity index is 1.37. The first-order valence-electron chi connectivity index (χ1n) is 16.2. The standard InChI is InChI=1S/C37H40N4O7/c1-17-32(45-4)20-14-24-29-28-21(33(46-5)18(2)35(48-7)31(28)43)15-25(39(29)3)36-40(16-26(41(24)36)27(20)30(42)34(17)47-6)37(44)23-13-12-19-10-8-9-11-22(19)38-23/h8-13,24-26,29,36,42-43H,14-16H2,1-7H3/t24?,25-,26?,29-,36+/m0/s1. The lowest BCUT2D eigenvalue weighted by Gasteiger charge is -2.59. The van der Waals surface area contributed by atoms with Crippen molar-refractivity contribution in [3.05, 3.63) is 75.5 Å². The summed E-state index contributed by atoms with van der Waals surface area (Å²) in [6.07, 6.45) is 0.660. The number of fused-ring (bicyclic) bond motifs is 9. The highest BCUT2D eigenvalue weighted by Gasteiger charge is 2.62. The lowest BCUT2D eigenvalue weighted by atomic mass is 9.73. The zero-order valence-corrected chi connectivity index (χ0v) is 28.2. The number of carbonyl (C=O) groups is 1. The Labute approximate surface area is 279 Å². The van der Waals surface area contributed by atoms with E-state index < -0.39 is 0 Å². The van der Waals surface area contributed by atoms with Gasteiger partial charge >= 0.3 is 0 Å². The lowest BCUT2D eigenvalue weighted by Crippen LogP contribution is -2.69. The molecule has 1 amide bonds. The molecule has 11 heteroatoms. The Morgan fingerprint density at radius 3 is 2.02 bits per heavy atom. The average Bonchev–Trinajstić information content (AvgIpc) is 3.48. The number of hydrogen-bond acceptors (Lipinski definition) is 10. The molecule has 2 bridgehead atoms. The number of aromatic hydroxyl groups is 2. The minimum atomic E-state index is -0.367. The van der Waals surface area contributed by atoms with Gasteiger partial charge in [0.2, 0.25) is 0 Å². The number of phenolic OH excluding ortho intramolecular Hbond substituents is 2. The van der Waals surface area contributed by atoms with E-state index in [1.807, 2.05) is 49.1 Å². The van der Waals surface area contributed by atoms with Crippen molar-refractivity contribution in [3.63, 3.8) is 0 Å². The summed E-state index contributed by atoms with van der Waals surface area (Å²) >= 11 is 0. The third-order valence-electron chi connectivity index (χ3n) is 11.3. The van der Waals surface area contributed by atoms with Gasteiger partial charge in [-0.1, -0.05) is 24.3 Å². The van der Waals surface area contributed by atoms with Crippen LogP contribution in [-0.2, 0) is 12.8 Å². The minimum absolute atomic E-state index is 0.0671. The predicted octanol–water partition coefficient (Wildman–Crippen LogP) is 4.66. The molecule has 11 nitrogen and oxygen atoms in total. The van der Waals surface area contributed by atoms with E-state index in [1.54, 1.807) is 34.5 Å². The third-order valence-corrected chi connectivity index (χ3v) is 11.3. The number of benzene rings is 3. The van der Waals surface area contributed by atoms with Gasteiger partial charge < -0.3 is 34.1 Å². The Kier molecular flexibility index (Phi) is 6.94. The minimum Gasteiger partial charge on any atom is -0.504 e. The summed E-state index contributed by atoms with van der Waals surface area (Å²) in [5, 5.41) is 24.6. The molecular formula is C37H40N4O7. The fraction of sp³-hybridized carbons (Fsp3) is 0.405. The van der Waals surface area contributed by atoms with E-state index in [1.165, 1.54) is 0 Å². The van der Waals surface area contributed by atoms with Crippen LogP contribution in [0.5, 0.6) is 34.5 Å². The normalized spacial score (nSPS) is 24.1. The van der Waals surface area contributed by atoms with Crippen LogP contribution in [0.3, 0.4) is 0 Å². The first-order chi connectivity index (χ1) is 23.2. The maximum absolute atomic E-state index is 14.7. The molecule has 250 valence electrons. The molecule has 48 heavy (non-hydrogen) atoms. The van der Waals surface area contributed by atoms with Crippen LogP contribution in [0.25, 0.3) is 10.9 Å². The second-order valence-electron chi connectivity index (χ2n) is 13.2. The average molecular weight is 653 g/mol. The summed E-state index contributed by atoms with van der Waals surface area (Å²) in [4.78, 5) is 26.1. The molecule has 2 N–H and O–H groups in total. The summed E-state index contributed by atoms with van der Waals surface area (Å²) in [6.45, 7) is 4.10. The van der Waals surface area contributed by atoms with Gasteiger partial charge in [-0.05, 0) is 45.9 Å². The molecule has 5 atom stereocenters. The van der Waals surface area contributed by atoms with Crippen LogP contribution in [0, 0.1) is 13.8 Å². The van der Waals surface area contributed by atoms with Crippen molar-refractivity contribution in [3.8, 4) is 34.5 Å². The number of hydrogen-bond donors (Lipinski definition) is 2. The fourth-order valence-corrected chi connectivity index (χ4v) is 9.40. The van der Waals surface area contributed by atoms with E-state index in [0.29, 0.717) is 59.2 Å². The van der Waals surface area contributed by atoms with Gasteiger partial charge in [0.1, 0.15) is 23.4 Å². The number of para-hydroxylation sites is 1. The van der Waals surface area contributed by atoms with Crippen LogP contribution in [0.4, 0.5) is 0 Å². The smallest absolute Gasteiger partial charge is 0.273 e. The molecule has 0 radical (unpaired) electrons. The van der Waals surface area contributed by atoms with E-state index in [2.05, 4.69) is 16.8 Å². The van der Waals surface area contributed by atoms with E-state index in [-0.39, 0.29) is 47.7 Å². The molecule has 2 saturated heterocycles. The van der Waals surface area contributed by atoms with Gasteiger partial charge in [-0.15, -0.1) is 0 Å². The highest BCUT2D eigenvalue weighted by atomic mass is 16.5. The number of nitrogens with zero attached hydrogens (tertiary/aromatic N) is 4. The van der Waals surface area contributed by atoms with E-state index in [0.717, 1.165) is 33.2 Å². The van der Waals surface area contributed by atoms with Crippen LogP contribution < -0.4 is 18.9 Å². The van der Waals surface area contributed by atoms with Crippen molar-refractivity contribution >= 4 is 16.8 Å². The highest BCUT2D eigenvalue weighted by molar-refractivity contribution is 5.95. The van der Waals surface area contributed by atoms with Crippen molar-refractivity contribution in [1.82, 2.24) is 19.7 Å². The number of ether oxygens (including phenoxy) is 4. The van der Waals surface area contributed by atoms with Crippen LogP contribution in [0.2, 0.25) is 0 Å². The Bertz CT molecular complexity index is 2010. The molecule has 4 aromatic rings. The summed E-state index contributed by atoms with van der Waals surface area (Å²) < 4.78 is 23.5. The molecule has 0 saturated carbocycles. The van der Waals surface area contributed by atoms with Crippen molar-refractivity contribution in [2.75, 3.05) is 42.0 Å². The number of pyridine rings is 1. The first kappa shape index (κ1) is 30.6. The summed E-state index contributed by atoms with van der Waals surface area (Å²) in [6, 6.07) is 10.5. The fourth-order valence-electron chi connectivity index (χ4n) is 9.40. The number of piperazine rings is 1. The SMILES string of the molecule is COc1c(C)c(OC)c2c(c1O)C1CN(C(=O)c3ccc4ccccc4n3)[C@H]3[C@@H]4Cc5c(OC)c(C)c(OC)c(O)c5[C@H](C(C2)N13)N4C. The van der Waals surface area contributed by atoms with Gasteiger partial charge in [0.15, 0.2) is 23.0 Å². The zero-order chi connectivity index (χ0) is 33.8. The number of likely N-dealkylation sites (N-methyl/N-ethyl adjacent to an activating group) is 1. The topological polar surface area (TPSA) is 117 Å². The molecular weight excluding hydrogens is 612 g/mol. The zero-order valence-electron chi connectivity index (χ0n) is 28.2. The summed E-state index contributed by atoms with van der Waals surface area (Å²) in [5.41, 5.74) is 5.84. The maximum Gasteiger partial charge on any atom is 0.273 e. The predicted molar refractivity (Wildman–Crippen MR) is 179 cm³/mol. The second-order valence-corrected chi connectivity index (χ2v) is 13.2. The number of phenols is 2. The van der Waals surface area contributed by atoms with E-state index in [9.17, 15) is 15.0 Å². The summed E-state index contributed by atoms with van der Waals surface area (Å²) in [7, 11) is 8.45. The van der Waals surface area contributed by atoms with Crippen LogP contribution in [-0.4, -0.2) is 96.1 Å². The highest BCUT2D eigenvalue weighted by Crippen LogP contribution is 2.61. The van der Waals surface area contributed by atoms with Gasteiger partial charge in [0.05, 0.1) is 46.0 Å². The molecule has 5 heterocycles. The number of rotatable bonds is 5. The molecule has 8 rings (SSSR count). The molecule has 0 spiro atoms. The van der Waals surface area contributed by atoms with Crippen molar-refractivity contribution in [1.29, 1.82) is 0 Å². The largest absolute Gasteiger partial charge is 0.504 e. The Morgan fingerprint density at radius 1 is 0.792 bits per heavy atom. The number of aromatic nitrogens is 1. The molecule has 4 aliphatic rings. The van der Waals surface area contributed by atoms with Gasteiger partial charge in [-0.25, -0.2) is 4.98 Å². The third kappa shape index (κ3) is 3.88.